The number of hydrogen-bond acceptors (Lipinski definition) is 6. The van der Waals surface area contributed by atoms with Crippen molar-refractivity contribution < 1.29 is 13.5 Å². The molecule has 0 spiro atoms. The Labute approximate surface area is 179 Å². The molecule has 1 aromatic carbocycles. The van der Waals surface area contributed by atoms with Crippen LogP contribution in [0.2, 0.25) is 0 Å². The molecule has 0 radical (unpaired) electrons. The Hall–Kier alpha value is -2.94. The SMILES string of the molecule is CN=Nc1ccc(-c2c[nH]c3nc(NC4CCC(OCC(F)F)CC4)ncc23)cc1C. The third-order valence-corrected chi connectivity index (χ3v) is 5.61. The summed E-state index contributed by atoms with van der Waals surface area (Å²) in [6.45, 7) is 1.52. The Morgan fingerprint density at radius 3 is 2.77 bits per heavy atom. The van der Waals surface area contributed by atoms with Crippen molar-refractivity contribution >= 4 is 22.7 Å². The molecule has 4 rings (SSSR count). The predicted molar refractivity (Wildman–Crippen MR) is 116 cm³/mol. The van der Waals surface area contributed by atoms with Gasteiger partial charge in [-0.3, -0.25) is 0 Å². The first-order chi connectivity index (χ1) is 15.0. The molecule has 9 heteroatoms. The number of aromatic nitrogens is 3. The van der Waals surface area contributed by atoms with Gasteiger partial charge in [0.2, 0.25) is 5.95 Å². The van der Waals surface area contributed by atoms with E-state index in [9.17, 15) is 8.78 Å². The van der Waals surface area contributed by atoms with Gasteiger partial charge in [-0.15, -0.1) is 0 Å². The minimum atomic E-state index is -2.41. The second-order valence-corrected chi connectivity index (χ2v) is 7.80. The number of nitrogens with zero attached hydrogens (tertiary/aromatic N) is 4. The summed E-state index contributed by atoms with van der Waals surface area (Å²) in [4.78, 5) is 12.4. The predicted octanol–water partition coefficient (Wildman–Crippen LogP) is 5.65. The lowest BCUT2D eigenvalue weighted by atomic mass is 9.93. The zero-order chi connectivity index (χ0) is 21.8. The standard InChI is InChI=1S/C22H26F2N6O/c1-13-9-14(3-8-19(13)30-25-2)17-10-26-21-18(17)11-27-22(29-21)28-15-4-6-16(7-5-15)31-12-20(23)24/h3,8-11,15-16,20H,4-7,12H2,1-2H3,(H2,26,27,28,29). The van der Waals surface area contributed by atoms with Crippen LogP contribution in [0.3, 0.4) is 0 Å². The molecule has 1 fully saturated rings. The van der Waals surface area contributed by atoms with Gasteiger partial charge in [0.05, 0.1) is 11.8 Å². The summed E-state index contributed by atoms with van der Waals surface area (Å²) in [6.07, 6.45) is 4.45. The summed E-state index contributed by atoms with van der Waals surface area (Å²) < 4.78 is 29.8. The van der Waals surface area contributed by atoms with Gasteiger partial charge in [-0.2, -0.15) is 15.2 Å². The zero-order valence-electron chi connectivity index (χ0n) is 17.6. The number of hydrogen-bond donors (Lipinski definition) is 2. The number of anilines is 1. The van der Waals surface area contributed by atoms with Crippen LogP contribution in [-0.4, -0.2) is 47.2 Å². The largest absolute Gasteiger partial charge is 0.372 e. The van der Waals surface area contributed by atoms with Crippen LogP contribution in [0.4, 0.5) is 20.4 Å². The molecule has 7 nitrogen and oxygen atoms in total. The van der Waals surface area contributed by atoms with Gasteiger partial charge in [-0.05, 0) is 55.9 Å². The maximum absolute atomic E-state index is 12.3. The average Bonchev–Trinajstić information content (AvgIpc) is 3.18. The fourth-order valence-corrected chi connectivity index (χ4v) is 4.02. The van der Waals surface area contributed by atoms with E-state index < -0.39 is 13.0 Å². The Morgan fingerprint density at radius 2 is 2.06 bits per heavy atom. The van der Waals surface area contributed by atoms with Crippen molar-refractivity contribution in [1.82, 2.24) is 15.0 Å². The van der Waals surface area contributed by atoms with Crippen LogP contribution < -0.4 is 5.32 Å². The number of benzene rings is 1. The van der Waals surface area contributed by atoms with Crippen LogP contribution in [0.1, 0.15) is 31.2 Å². The number of halogens is 2. The van der Waals surface area contributed by atoms with Crippen LogP contribution in [-0.2, 0) is 4.74 Å². The number of fused-ring (bicyclic) bond motifs is 1. The van der Waals surface area contributed by atoms with Gasteiger partial charge in [0.15, 0.2) is 0 Å². The summed E-state index contributed by atoms with van der Waals surface area (Å²) in [5.41, 5.74) is 4.75. The monoisotopic (exact) mass is 428 g/mol. The number of nitrogens with one attached hydrogen (secondary N) is 2. The number of alkyl halides is 2. The van der Waals surface area contributed by atoms with E-state index in [1.165, 1.54) is 0 Å². The van der Waals surface area contributed by atoms with Crippen molar-refractivity contribution in [3.8, 4) is 11.1 Å². The summed E-state index contributed by atoms with van der Waals surface area (Å²) in [7, 11) is 1.66. The summed E-state index contributed by atoms with van der Waals surface area (Å²) in [5, 5.41) is 12.3. The lowest BCUT2D eigenvalue weighted by Gasteiger charge is -2.29. The van der Waals surface area contributed by atoms with Gasteiger partial charge in [0, 0.05) is 36.4 Å². The minimum absolute atomic E-state index is 0.0879. The van der Waals surface area contributed by atoms with Gasteiger partial charge in [-0.1, -0.05) is 6.07 Å². The zero-order valence-corrected chi connectivity index (χ0v) is 17.6. The van der Waals surface area contributed by atoms with Crippen molar-refractivity contribution in [2.24, 2.45) is 10.2 Å². The van der Waals surface area contributed by atoms with E-state index in [1.54, 1.807) is 7.05 Å². The van der Waals surface area contributed by atoms with E-state index in [0.717, 1.165) is 59.1 Å². The number of aromatic amines is 1. The fraction of sp³-hybridized carbons (Fsp3) is 0.455. The number of ether oxygens (including phenoxy) is 1. The molecule has 0 amide bonds. The van der Waals surface area contributed by atoms with Crippen LogP contribution in [0.25, 0.3) is 22.2 Å². The van der Waals surface area contributed by atoms with Gasteiger partial charge < -0.3 is 15.0 Å². The van der Waals surface area contributed by atoms with Crippen LogP contribution in [0, 0.1) is 6.92 Å². The Balaban J connectivity index is 1.43. The van der Waals surface area contributed by atoms with Gasteiger partial charge in [0.1, 0.15) is 12.3 Å². The molecule has 2 N–H and O–H groups in total. The molecule has 2 aromatic heterocycles. The van der Waals surface area contributed by atoms with Gasteiger partial charge >= 0.3 is 0 Å². The molecule has 1 aliphatic carbocycles. The highest BCUT2D eigenvalue weighted by molar-refractivity contribution is 5.93. The first kappa shape index (κ1) is 21.3. The van der Waals surface area contributed by atoms with E-state index in [-0.39, 0.29) is 12.1 Å². The molecule has 1 saturated carbocycles. The second kappa shape index (κ2) is 9.47. The molecule has 0 unspecified atom stereocenters. The maximum Gasteiger partial charge on any atom is 0.261 e. The van der Waals surface area contributed by atoms with Gasteiger partial charge in [-0.25, -0.2) is 13.8 Å². The second-order valence-electron chi connectivity index (χ2n) is 7.80. The molecule has 3 aromatic rings. The third kappa shape index (κ3) is 5.04. The van der Waals surface area contributed by atoms with E-state index in [2.05, 4.69) is 36.6 Å². The van der Waals surface area contributed by atoms with E-state index in [0.29, 0.717) is 5.95 Å². The first-order valence-corrected chi connectivity index (χ1v) is 10.4. The summed E-state index contributed by atoms with van der Waals surface area (Å²) >= 11 is 0. The Kier molecular flexibility index (Phi) is 6.50. The lowest BCUT2D eigenvalue weighted by molar-refractivity contribution is -0.0374. The quantitative estimate of drug-likeness (QED) is 0.476. The first-order valence-electron chi connectivity index (χ1n) is 10.4. The van der Waals surface area contributed by atoms with Crippen molar-refractivity contribution in [3.63, 3.8) is 0 Å². The molecule has 0 bridgehead atoms. The fourth-order valence-electron chi connectivity index (χ4n) is 4.02. The molecular formula is C22H26F2N6O. The highest BCUT2D eigenvalue weighted by Crippen LogP contribution is 2.32. The highest BCUT2D eigenvalue weighted by atomic mass is 19.3. The maximum atomic E-state index is 12.3. The smallest absolute Gasteiger partial charge is 0.261 e. The average molecular weight is 428 g/mol. The van der Waals surface area contributed by atoms with Crippen LogP contribution >= 0.6 is 0 Å². The van der Waals surface area contributed by atoms with E-state index in [1.807, 2.05) is 31.5 Å². The third-order valence-electron chi connectivity index (χ3n) is 5.61. The van der Waals surface area contributed by atoms with Gasteiger partial charge in [0.25, 0.3) is 6.43 Å². The number of H-pyrrole nitrogens is 1. The molecule has 0 atom stereocenters. The number of aryl methyl sites for hydroxylation is 1. The van der Waals surface area contributed by atoms with Crippen molar-refractivity contribution in [1.29, 1.82) is 0 Å². The molecule has 0 aliphatic heterocycles. The molecule has 1 aliphatic rings. The van der Waals surface area contributed by atoms with E-state index in [4.69, 9.17) is 4.74 Å². The highest BCUT2D eigenvalue weighted by Gasteiger charge is 2.23. The molecular weight excluding hydrogens is 402 g/mol. The number of azo groups is 1. The molecule has 31 heavy (non-hydrogen) atoms. The number of rotatable bonds is 7. The molecule has 2 heterocycles. The summed E-state index contributed by atoms with van der Waals surface area (Å²) in [5.74, 6) is 0.563. The van der Waals surface area contributed by atoms with Crippen LogP contribution in [0.15, 0.2) is 40.8 Å². The normalized spacial score (nSPS) is 19.5. The van der Waals surface area contributed by atoms with Crippen molar-refractivity contribution in [2.45, 2.75) is 51.2 Å². The van der Waals surface area contributed by atoms with E-state index >= 15 is 0 Å². The topological polar surface area (TPSA) is 87.5 Å². The summed E-state index contributed by atoms with van der Waals surface area (Å²) in [6, 6.07) is 6.25. The Morgan fingerprint density at radius 1 is 1.26 bits per heavy atom. The minimum Gasteiger partial charge on any atom is -0.372 e. The van der Waals surface area contributed by atoms with Crippen molar-refractivity contribution in [3.05, 3.63) is 36.2 Å². The molecule has 0 saturated heterocycles. The lowest BCUT2D eigenvalue weighted by Crippen LogP contribution is -2.31. The van der Waals surface area contributed by atoms with Crippen molar-refractivity contribution in [2.75, 3.05) is 19.0 Å². The molecule has 164 valence electrons. The van der Waals surface area contributed by atoms with Crippen LogP contribution in [0.5, 0.6) is 0 Å². The Bertz CT molecular complexity index is 1060.